The van der Waals surface area contributed by atoms with E-state index in [1.165, 1.54) is 44.3 Å². The Morgan fingerprint density at radius 1 is 1.25 bits per heavy atom. The van der Waals surface area contributed by atoms with E-state index in [-0.39, 0.29) is 11.8 Å². The second-order valence-corrected chi connectivity index (χ2v) is 7.29. The minimum absolute atomic E-state index is 0.190. The number of carbonyl (C=O) groups is 1. The van der Waals surface area contributed by atoms with Gasteiger partial charge < -0.3 is 9.67 Å². The fourth-order valence-electron chi connectivity index (χ4n) is 5.55. The van der Waals surface area contributed by atoms with Crippen LogP contribution in [0.15, 0.2) is 12.4 Å². The van der Waals surface area contributed by atoms with Crippen LogP contribution < -0.4 is 0 Å². The van der Waals surface area contributed by atoms with Crippen molar-refractivity contribution in [2.45, 2.75) is 56.9 Å². The summed E-state index contributed by atoms with van der Waals surface area (Å²) in [7, 11) is 0. The van der Waals surface area contributed by atoms with Crippen LogP contribution in [0.4, 0.5) is 0 Å². The van der Waals surface area contributed by atoms with Gasteiger partial charge in [-0.25, -0.2) is 4.98 Å². The molecule has 20 heavy (non-hydrogen) atoms. The normalized spacial score (nSPS) is 38.3. The van der Waals surface area contributed by atoms with E-state index in [1.54, 1.807) is 0 Å². The van der Waals surface area contributed by atoms with E-state index >= 15 is 0 Å². The molecule has 108 valence electrons. The zero-order valence-electron chi connectivity index (χ0n) is 11.8. The number of hydrogen-bond donors (Lipinski definition) is 1. The Hall–Kier alpha value is -1.32. The lowest BCUT2D eigenvalue weighted by atomic mass is 9.49. The van der Waals surface area contributed by atoms with Crippen molar-refractivity contribution in [2.24, 2.45) is 17.8 Å². The van der Waals surface area contributed by atoms with Gasteiger partial charge in [-0.1, -0.05) is 0 Å². The topological polar surface area (TPSA) is 55.1 Å². The molecule has 4 bridgehead atoms. The number of aliphatic carboxylic acids is 1. The Morgan fingerprint density at radius 2 is 1.85 bits per heavy atom. The van der Waals surface area contributed by atoms with Crippen LogP contribution in [-0.4, -0.2) is 20.6 Å². The molecule has 1 aromatic heterocycles. The van der Waals surface area contributed by atoms with Crippen molar-refractivity contribution in [3.8, 4) is 0 Å². The van der Waals surface area contributed by atoms with Crippen molar-refractivity contribution in [2.75, 3.05) is 0 Å². The molecular formula is C16H22N2O2. The lowest BCUT2D eigenvalue weighted by Crippen LogP contribution is -2.49. The van der Waals surface area contributed by atoms with Gasteiger partial charge in [0.25, 0.3) is 0 Å². The maximum Gasteiger partial charge on any atom is 0.305 e. The van der Waals surface area contributed by atoms with Gasteiger partial charge in [0.05, 0.1) is 6.42 Å². The fraction of sp³-hybridized carbons (Fsp3) is 0.750. The predicted molar refractivity (Wildman–Crippen MR) is 74.3 cm³/mol. The molecule has 0 aromatic carbocycles. The standard InChI is InChI=1S/C16H22N2O2/c19-14(20)1-3-18-4-2-17-15(18)16-8-11-5-12(9-16)7-13(6-11)10-16/h2,4,11-13H,1,3,5-10H2,(H,19,20). The Bertz CT molecular complexity index is 499. The van der Waals surface area contributed by atoms with Gasteiger partial charge in [0, 0.05) is 24.4 Å². The first-order chi connectivity index (χ1) is 9.64. The first-order valence-corrected chi connectivity index (χ1v) is 7.88. The van der Waals surface area contributed by atoms with E-state index < -0.39 is 5.97 Å². The van der Waals surface area contributed by atoms with E-state index in [0.717, 1.165) is 17.8 Å². The summed E-state index contributed by atoms with van der Waals surface area (Å²) >= 11 is 0. The third kappa shape index (κ3) is 1.88. The van der Waals surface area contributed by atoms with Crippen LogP contribution in [0.2, 0.25) is 0 Å². The van der Waals surface area contributed by atoms with Gasteiger partial charge in [-0.2, -0.15) is 0 Å². The average Bonchev–Trinajstić information content (AvgIpc) is 2.83. The number of hydrogen-bond acceptors (Lipinski definition) is 2. The monoisotopic (exact) mass is 274 g/mol. The molecule has 4 aliphatic carbocycles. The molecule has 0 unspecified atom stereocenters. The third-order valence-corrected chi connectivity index (χ3v) is 5.79. The minimum Gasteiger partial charge on any atom is -0.481 e. The molecule has 4 heteroatoms. The molecule has 0 aliphatic heterocycles. The minimum atomic E-state index is -0.727. The van der Waals surface area contributed by atoms with Crippen molar-refractivity contribution >= 4 is 5.97 Å². The largest absolute Gasteiger partial charge is 0.481 e. The molecule has 1 N–H and O–H groups in total. The Balaban J connectivity index is 1.64. The van der Waals surface area contributed by atoms with Gasteiger partial charge in [-0.15, -0.1) is 0 Å². The lowest BCUT2D eigenvalue weighted by Gasteiger charge is -2.56. The van der Waals surface area contributed by atoms with Crippen LogP contribution in [0.25, 0.3) is 0 Å². The number of aromatic nitrogens is 2. The van der Waals surface area contributed by atoms with Crippen molar-refractivity contribution in [3.63, 3.8) is 0 Å². The first-order valence-electron chi connectivity index (χ1n) is 7.88. The predicted octanol–water partition coefficient (Wildman–Crippen LogP) is 2.83. The molecule has 1 aromatic rings. The average molecular weight is 274 g/mol. The zero-order chi connectivity index (χ0) is 13.7. The SMILES string of the molecule is O=C(O)CCn1ccnc1C12CC3CC(CC(C3)C1)C2. The van der Waals surface area contributed by atoms with Crippen LogP contribution in [0.3, 0.4) is 0 Å². The van der Waals surface area contributed by atoms with Gasteiger partial charge in [-0.3, -0.25) is 4.79 Å². The molecule has 0 atom stereocenters. The maximum absolute atomic E-state index is 10.8. The summed E-state index contributed by atoms with van der Waals surface area (Å²) in [6.07, 6.45) is 12.1. The van der Waals surface area contributed by atoms with Crippen molar-refractivity contribution in [1.82, 2.24) is 9.55 Å². The number of carboxylic acids is 1. The van der Waals surface area contributed by atoms with Crippen LogP contribution in [0.5, 0.6) is 0 Å². The van der Waals surface area contributed by atoms with Gasteiger partial charge >= 0.3 is 5.97 Å². The highest BCUT2D eigenvalue weighted by Gasteiger charge is 2.53. The second-order valence-electron chi connectivity index (χ2n) is 7.29. The van der Waals surface area contributed by atoms with E-state index in [9.17, 15) is 4.79 Å². The highest BCUT2D eigenvalue weighted by atomic mass is 16.4. The summed E-state index contributed by atoms with van der Waals surface area (Å²) in [5.74, 6) is 3.13. The first kappa shape index (κ1) is 12.4. The smallest absolute Gasteiger partial charge is 0.305 e. The van der Waals surface area contributed by atoms with Gasteiger partial charge in [0.1, 0.15) is 5.82 Å². The summed E-state index contributed by atoms with van der Waals surface area (Å²) in [4.78, 5) is 15.5. The molecule has 4 nitrogen and oxygen atoms in total. The summed E-state index contributed by atoms with van der Waals surface area (Å²) in [5, 5.41) is 8.90. The van der Waals surface area contributed by atoms with Gasteiger partial charge in [-0.05, 0) is 56.3 Å². The molecular weight excluding hydrogens is 252 g/mol. The molecule has 5 rings (SSSR count). The number of nitrogens with zero attached hydrogens (tertiary/aromatic N) is 2. The van der Waals surface area contributed by atoms with E-state index in [0.29, 0.717) is 6.54 Å². The Morgan fingerprint density at radius 3 is 2.40 bits per heavy atom. The van der Waals surface area contributed by atoms with E-state index in [1.807, 2.05) is 12.4 Å². The number of rotatable bonds is 4. The van der Waals surface area contributed by atoms with Crippen LogP contribution in [0.1, 0.15) is 50.8 Å². The van der Waals surface area contributed by atoms with Crippen molar-refractivity contribution < 1.29 is 9.90 Å². The van der Waals surface area contributed by atoms with Crippen molar-refractivity contribution in [1.29, 1.82) is 0 Å². The number of carboxylic acid groups (broad SMARTS) is 1. The summed E-state index contributed by atoms with van der Waals surface area (Å²) in [6.45, 7) is 0.562. The summed E-state index contributed by atoms with van der Waals surface area (Å²) in [5.41, 5.74) is 0.261. The molecule has 1 heterocycles. The second kappa shape index (κ2) is 4.34. The van der Waals surface area contributed by atoms with E-state index in [4.69, 9.17) is 5.11 Å². The Kier molecular flexibility index (Phi) is 2.69. The highest BCUT2D eigenvalue weighted by Crippen LogP contribution is 2.60. The molecule has 0 radical (unpaired) electrons. The van der Waals surface area contributed by atoms with Crippen LogP contribution in [-0.2, 0) is 16.8 Å². The van der Waals surface area contributed by atoms with Gasteiger partial charge in [0.2, 0.25) is 0 Å². The maximum atomic E-state index is 10.8. The van der Waals surface area contributed by atoms with Crippen LogP contribution in [0, 0.1) is 17.8 Å². The molecule has 4 saturated carbocycles. The number of aryl methyl sites for hydroxylation is 1. The molecule has 4 aliphatic rings. The van der Waals surface area contributed by atoms with Crippen molar-refractivity contribution in [3.05, 3.63) is 18.2 Å². The fourth-order valence-corrected chi connectivity index (χ4v) is 5.55. The van der Waals surface area contributed by atoms with Crippen LogP contribution >= 0.6 is 0 Å². The molecule has 4 fully saturated rings. The molecule has 0 spiro atoms. The zero-order valence-corrected chi connectivity index (χ0v) is 11.8. The summed E-state index contributed by atoms with van der Waals surface area (Å²) in [6, 6.07) is 0. The highest BCUT2D eigenvalue weighted by molar-refractivity contribution is 5.66. The number of imidazole rings is 1. The third-order valence-electron chi connectivity index (χ3n) is 5.79. The van der Waals surface area contributed by atoms with Gasteiger partial charge in [0.15, 0.2) is 0 Å². The Labute approximate surface area is 119 Å². The molecule has 0 amide bonds. The summed E-state index contributed by atoms with van der Waals surface area (Å²) < 4.78 is 2.11. The molecule has 0 saturated heterocycles. The lowest BCUT2D eigenvalue weighted by molar-refractivity contribution is -0.137. The van der Waals surface area contributed by atoms with E-state index in [2.05, 4.69) is 9.55 Å². The quantitative estimate of drug-likeness (QED) is 0.918.